The molecule has 0 radical (unpaired) electrons. The molecule has 120 valence electrons. The van der Waals surface area contributed by atoms with Crippen molar-refractivity contribution in [2.75, 3.05) is 6.79 Å². The Morgan fingerprint density at radius 3 is 2.65 bits per heavy atom. The number of carbonyl (C=O) groups excluding carboxylic acids is 2. The van der Waals surface area contributed by atoms with Crippen LogP contribution in [0.3, 0.4) is 0 Å². The zero-order valence-corrected chi connectivity index (χ0v) is 12.4. The first-order valence-electron chi connectivity index (χ1n) is 7.69. The number of allylic oxidation sites excluding steroid dienone is 2. The Bertz CT molecular complexity index is 698. The van der Waals surface area contributed by atoms with Crippen LogP contribution in [0.15, 0.2) is 30.4 Å². The van der Waals surface area contributed by atoms with Crippen LogP contribution in [0.2, 0.25) is 0 Å². The number of carboxylic acids is 1. The number of carboxylic acid groups (broad SMARTS) is 1. The fourth-order valence-corrected chi connectivity index (χ4v) is 3.86. The van der Waals surface area contributed by atoms with Gasteiger partial charge in [-0.3, -0.25) is 4.79 Å². The molecule has 0 spiro atoms. The Balaban J connectivity index is 1.44. The zero-order chi connectivity index (χ0) is 16.0. The Morgan fingerprint density at radius 2 is 1.87 bits per heavy atom. The Hall–Kier alpha value is -2.50. The van der Waals surface area contributed by atoms with Gasteiger partial charge in [0.05, 0.1) is 5.92 Å². The molecule has 23 heavy (non-hydrogen) atoms. The van der Waals surface area contributed by atoms with Gasteiger partial charge < -0.3 is 24.7 Å². The average Bonchev–Trinajstić information content (AvgIpc) is 3.25. The SMILES string of the molecule is O=C([O-])[C@@H]1[C@H](C(=O)NCc2ccc3c(c2)OCO3)[C@@H]2C=C[C@H]1C2. The van der Waals surface area contributed by atoms with Crippen LogP contribution >= 0.6 is 0 Å². The van der Waals surface area contributed by atoms with E-state index in [1.54, 1.807) is 6.07 Å². The van der Waals surface area contributed by atoms with Gasteiger partial charge >= 0.3 is 0 Å². The number of ether oxygens (including phenoxy) is 2. The number of carbonyl (C=O) groups is 2. The second kappa shape index (κ2) is 5.30. The lowest BCUT2D eigenvalue weighted by Gasteiger charge is -2.27. The minimum Gasteiger partial charge on any atom is -0.550 e. The van der Waals surface area contributed by atoms with E-state index in [2.05, 4.69) is 5.32 Å². The number of benzene rings is 1. The van der Waals surface area contributed by atoms with Crippen molar-refractivity contribution < 1.29 is 24.2 Å². The van der Waals surface area contributed by atoms with Gasteiger partial charge in [0, 0.05) is 18.4 Å². The molecule has 1 saturated carbocycles. The van der Waals surface area contributed by atoms with E-state index < -0.39 is 17.8 Å². The highest BCUT2D eigenvalue weighted by Gasteiger charge is 2.48. The smallest absolute Gasteiger partial charge is 0.231 e. The second-order valence-electron chi connectivity index (χ2n) is 6.22. The number of hydrogen-bond acceptors (Lipinski definition) is 5. The minimum atomic E-state index is -1.13. The van der Waals surface area contributed by atoms with Gasteiger partial charge in [-0.2, -0.15) is 0 Å². The van der Waals surface area contributed by atoms with E-state index in [0.29, 0.717) is 18.0 Å². The molecule has 3 aliphatic rings. The molecule has 6 heteroatoms. The van der Waals surface area contributed by atoms with E-state index >= 15 is 0 Å². The molecule has 1 aromatic rings. The van der Waals surface area contributed by atoms with Crippen LogP contribution in [-0.4, -0.2) is 18.7 Å². The van der Waals surface area contributed by atoms with Gasteiger partial charge in [-0.1, -0.05) is 18.2 Å². The number of aliphatic carboxylic acids is 1. The molecule has 1 aromatic carbocycles. The quantitative estimate of drug-likeness (QED) is 0.803. The maximum atomic E-state index is 12.5. The Labute approximate surface area is 133 Å². The van der Waals surface area contributed by atoms with Crippen molar-refractivity contribution in [2.45, 2.75) is 13.0 Å². The molecule has 2 aliphatic carbocycles. The van der Waals surface area contributed by atoms with Gasteiger partial charge in [0.15, 0.2) is 11.5 Å². The van der Waals surface area contributed by atoms with Crippen LogP contribution in [0.4, 0.5) is 0 Å². The van der Waals surface area contributed by atoms with Crippen LogP contribution in [-0.2, 0) is 16.1 Å². The molecule has 0 saturated heterocycles. The molecule has 1 amide bonds. The van der Waals surface area contributed by atoms with Crippen molar-refractivity contribution in [1.29, 1.82) is 0 Å². The second-order valence-corrected chi connectivity index (χ2v) is 6.22. The maximum absolute atomic E-state index is 12.5. The summed E-state index contributed by atoms with van der Waals surface area (Å²) in [5.74, 6) is -1.35. The summed E-state index contributed by atoms with van der Waals surface area (Å²) in [6.07, 6.45) is 4.57. The number of fused-ring (bicyclic) bond motifs is 3. The normalized spacial score (nSPS) is 29.7. The van der Waals surface area contributed by atoms with Gasteiger partial charge in [0.1, 0.15) is 0 Å². The van der Waals surface area contributed by atoms with Gasteiger partial charge in [-0.25, -0.2) is 0 Å². The first-order valence-corrected chi connectivity index (χ1v) is 7.69. The van der Waals surface area contributed by atoms with Crippen molar-refractivity contribution in [3.05, 3.63) is 35.9 Å². The first-order chi connectivity index (χ1) is 11.1. The third-order valence-corrected chi connectivity index (χ3v) is 4.94. The number of amides is 1. The molecule has 6 nitrogen and oxygen atoms in total. The van der Waals surface area contributed by atoms with Crippen LogP contribution in [0.5, 0.6) is 11.5 Å². The van der Waals surface area contributed by atoms with Crippen LogP contribution in [0.1, 0.15) is 12.0 Å². The van der Waals surface area contributed by atoms with E-state index in [-0.39, 0.29) is 24.5 Å². The number of nitrogens with one attached hydrogen (secondary N) is 1. The molecule has 0 aromatic heterocycles. The molecule has 1 N–H and O–H groups in total. The Kier molecular flexibility index (Phi) is 3.25. The van der Waals surface area contributed by atoms with Crippen molar-refractivity contribution in [1.82, 2.24) is 5.32 Å². The lowest BCUT2D eigenvalue weighted by molar-refractivity contribution is -0.313. The highest BCUT2D eigenvalue weighted by atomic mass is 16.7. The highest BCUT2D eigenvalue weighted by Crippen LogP contribution is 2.47. The molecule has 1 heterocycles. The standard InChI is InChI=1S/C17H17NO5/c19-16(14-10-2-3-11(6-10)15(14)17(20)21)18-7-9-1-4-12-13(5-9)23-8-22-12/h1-5,10-11,14-15H,6-8H2,(H,18,19)(H,20,21)/p-1/t10-,11+,14-,15+/m1/s1. The molecule has 2 bridgehead atoms. The number of rotatable bonds is 4. The minimum absolute atomic E-state index is 0.000320. The monoisotopic (exact) mass is 314 g/mol. The van der Waals surface area contributed by atoms with E-state index in [9.17, 15) is 14.7 Å². The summed E-state index contributed by atoms with van der Waals surface area (Å²) in [5.41, 5.74) is 0.881. The van der Waals surface area contributed by atoms with Crippen molar-refractivity contribution in [3.63, 3.8) is 0 Å². The van der Waals surface area contributed by atoms with Crippen LogP contribution < -0.4 is 19.9 Å². The van der Waals surface area contributed by atoms with Gasteiger partial charge in [-0.15, -0.1) is 0 Å². The maximum Gasteiger partial charge on any atom is 0.231 e. The number of hydrogen-bond donors (Lipinski definition) is 1. The van der Waals surface area contributed by atoms with E-state index in [1.807, 2.05) is 24.3 Å². The Morgan fingerprint density at radius 1 is 1.13 bits per heavy atom. The van der Waals surface area contributed by atoms with Gasteiger partial charge in [-0.05, 0) is 36.0 Å². The van der Waals surface area contributed by atoms with Crippen LogP contribution in [0, 0.1) is 23.7 Å². The third-order valence-electron chi connectivity index (χ3n) is 4.94. The summed E-state index contributed by atoms with van der Waals surface area (Å²) in [7, 11) is 0. The summed E-state index contributed by atoms with van der Waals surface area (Å²) in [4.78, 5) is 23.8. The molecular formula is C17H16NO5-. The molecule has 1 aliphatic heterocycles. The average molecular weight is 314 g/mol. The fourth-order valence-electron chi connectivity index (χ4n) is 3.86. The summed E-state index contributed by atoms with van der Waals surface area (Å²) in [5, 5.41) is 14.2. The lowest BCUT2D eigenvalue weighted by atomic mass is 9.82. The van der Waals surface area contributed by atoms with Crippen molar-refractivity contribution >= 4 is 11.9 Å². The lowest BCUT2D eigenvalue weighted by Crippen LogP contribution is -2.44. The topological polar surface area (TPSA) is 87.7 Å². The van der Waals surface area contributed by atoms with Crippen molar-refractivity contribution in [3.8, 4) is 11.5 Å². The van der Waals surface area contributed by atoms with Gasteiger partial charge in [0.25, 0.3) is 0 Å². The zero-order valence-electron chi connectivity index (χ0n) is 12.4. The highest BCUT2D eigenvalue weighted by molar-refractivity contribution is 5.86. The predicted octanol–water partition coefficient (Wildman–Crippen LogP) is 0.220. The largest absolute Gasteiger partial charge is 0.550 e. The van der Waals surface area contributed by atoms with Gasteiger partial charge in [0.2, 0.25) is 12.7 Å². The first kappa shape index (κ1) is 14.1. The van der Waals surface area contributed by atoms with Crippen LogP contribution in [0.25, 0.3) is 0 Å². The molecule has 4 rings (SSSR count). The van der Waals surface area contributed by atoms with Crippen molar-refractivity contribution in [2.24, 2.45) is 23.7 Å². The molecular weight excluding hydrogens is 298 g/mol. The predicted molar refractivity (Wildman–Crippen MR) is 77.1 cm³/mol. The summed E-state index contributed by atoms with van der Waals surface area (Å²) in [6, 6.07) is 5.47. The van der Waals surface area contributed by atoms with E-state index in [1.165, 1.54) is 0 Å². The molecule has 4 atom stereocenters. The fraction of sp³-hybridized carbons (Fsp3) is 0.412. The summed E-state index contributed by atoms with van der Waals surface area (Å²) in [6.45, 7) is 0.531. The summed E-state index contributed by atoms with van der Waals surface area (Å²) >= 11 is 0. The molecule has 0 unspecified atom stereocenters. The molecule has 1 fully saturated rings. The van der Waals surface area contributed by atoms with E-state index in [4.69, 9.17) is 9.47 Å². The third kappa shape index (κ3) is 2.34. The summed E-state index contributed by atoms with van der Waals surface area (Å²) < 4.78 is 10.5. The van der Waals surface area contributed by atoms with E-state index in [0.717, 1.165) is 12.0 Å².